The van der Waals surface area contributed by atoms with Gasteiger partial charge in [0, 0.05) is 0 Å². The summed E-state index contributed by atoms with van der Waals surface area (Å²) >= 11 is 0. The van der Waals surface area contributed by atoms with Crippen LogP contribution in [0.5, 0.6) is 0 Å². The van der Waals surface area contributed by atoms with E-state index in [0.29, 0.717) is 13.2 Å². The molecule has 0 aromatic rings. The van der Waals surface area contributed by atoms with Crippen LogP contribution >= 0.6 is 0 Å². The predicted molar refractivity (Wildman–Crippen MR) is 60.5 cm³/mol. The Morgan fingerprint density at radius 3 is 1.63 bits per heavy atom. The Hall–Kier alpha value is -0.330. The minimum Gasteiger partial charge on any atom is -0.394 e. The lowest BCUT2D eigenvalue weighted by atomic mass is 10.4. The standard InChI is InChI=1S/C6H10O6S.C3H8O3/c7-13(8,11-3-5-1-9-5)12-4-6-2-10-6;4-1-3(6)2-5/h5-6H,1-4H2;3-6H,1-2H2. The first-order chi connectivity index (χ1) is 8.96. The quantitative estimate of drug-likeness (QED) is 0.412. The van der Waals surface area contributed by atoms with E-state index in [1.165, 1.54) is 0 Å². The molecule has 2 aliphatic heterocycles. The van der Waals surface area contributed by atoms with Crippen LogP contribution in [0, 0.1) is 0 Å². The maximum absolute atomic E-state index is 10.9. The van der Waals surface area contributed by atoms with Crippen LogP contribution in [-0.2, 0) is 28.2 Å². The Morgan fingerprint density at radius 2 is 1.42 bits per heavy atom. The lowest BCUT2D eigenvalue weighted by Gasteiger charge is -2.02. The number of aliphatic hydroxyl groups is 3. The van der Waals surface area contributed by atoms with Crippen molar-refractivity contribution in [3.63, 3.8) is 0 Å². The lowest BCUT2D eigenvalue weighted by Crippen LogP contribution is -2.16. The SMILES string of the molecule is O=S(=O)(OCC1CO1)OCC1CO1.OCC(O)CO. The van der Waals surface area contributed by atoms with Crippen molar-refractivity contribution >= 4 is 10.4 Å². The normalized spacial score (nSPS) is 24.8. The molecule has 0 bridgehead atoms. The van der Waals surface area contributed by atoms with Gasteiger partial charge in [-0.1, -0.05) is 0 Å². The highest BCUT2D eigenvalue weighted by atomic mass is 32.3. The zero-order chi connectivity index (χ0) is 14.3. The molecule has 2 aliphatic rings. The Morgan fingerprint density at radius 1 is 1.05 bits per heavy atom. The molecule has 0 amide bonds. The zero-order valence-electron chi connectivity index (χ0n) is 10.2. The van der Waals surface area contributed by atoms with E-state index in [9.17, 15) is 8.42 Å². The Labute approximate surface area is 111 Å². The van der Waals surface area contributed by atoms with Crippen LogP contribution in [-0.4, -0.2) is 81.7 Å². The number of ether oxygens (including phenoxy) is 2. The van der Waals surface area contributed by atoms with Gasteiger partial charge in [0.05, 0.1) is 39.6 Å². The van der Waals surface area contributed by atoms with Gasteiger partial charge in [0.1, 0.15) is 18.3 Å². The number of rotatable bonds is 8. The summed E-state index contributed by atoms with van der Waals surface area (Å²) in [7, 11) is -3.85. The van der Waals surface area contributed by atoms with E-state index in [0.717, 1.165) is 0 Å². The first-order valence-electron chi connectivity index (χ1n) is 5.63. The molecule has 3 N–H and O–H groups in total. The summed E-state index contributed by atoms with van der Waals surface area (Å²) in [6.07, 6.45) is -1.13. The molecule has 2 saturated heterocycles. The second-order valence-corrected chi connectivity index (χ2v) is 5.19. The van der Waals surface area contributed by atoms with Crippen molar-refractivity contribution in [1.29, 1.82) is 0 Å². The summed E-state index contributed by atoms with van der Waals surface area (Å²) in [6, 6.07) is 0. The molecule has 19 heavy (non-hydrogen) atoms. The molecule has 0 spiro atoms. The van der Waals surface area contributed by atoms with Gasteiger partial charge in [0.15, 0.2) is 0 Å². The van der Waals surface area contributed by atoms with Gasteiger partial charge in [0.25, 0.3) is 0 Å². The fourth-order valence-electron chi connectivity index (χ4n) is 0.739. The van der Waals surface area contributed by atoms with E-state index < -0.39 is 16.5 Å². The van der Waals surface area contributed by atoms with Crippen LogP contribution in [0.2, 0.25) is 0 Å². The molecule has 114 valence electrons. The van der Waals surface area contributed by atoms with E-state index in [1.807, 2.05) is 0 Å². The topological polar surface area (TPSA) is 138 Å². The van der Waals surface area contributed by atoms with Crippen molar-refractivity contribution in [1.82, 2.24) is 0 Å². The van der Waals surface area contributed by atoms with Crippen LogP contribution in [0.4, 0.5) is 0 Å². The molecule has 2 heterocycles. The third-order valence-corrected chi connectivity index (χ3v) is 2.87. The third kappa shape index (κ3) is 9.24. The van der Waals surface area contributed by atoms with Gasteiger partial charge < -0.3 is 24.8 Å². The average molecular weight is 302 g/mol. The number of epoxide rings is 2. The van der Waals surface area contributed by atoms with E-state index in [-0.39, 0.29) is 38.6 Å². The van der Waals surface area contributed by atoms with Gasteiger partial charge in [-0.15, -0.1) is 0 Å². The van der Waals surface area contributed by atoms with E-state index in [4.69, 9.17) is 24.8 Å². The first-order valence-corrected chi connectivity index (χ1v) is 6.97. The highest BCUT2D eigenvalue weighted by molar-refractivity contribution is 7.81. The highest BCUT2D eigenvalue weighted by Gasteiger charge is 2.29. The molecule has 0 aromatic carbocycles. The van der Waals surface area contributed by atoms with Gasteiger partial charge in [0.2, 0.25) is 0 Å². The van der Waals surface area contributed by atoms with Crippen molar-refractivity contribution in [3.8, 4) is 0 Å². The van der Waals surface area contributed by atoms with Crippen molar-refractivity contribution in [2.45, 2.75) is 18.3 Å². The minimum atomic E-state index is -3.85. The van der Waals surface area contributed by atoms with Crippen LogP contribution in [0.25, 0.3) is 0 Å². The second-order valence-electron chi connectivity index (χ2n) is 3.91. The van der Waals surface area contributed by atoms with Crippen LogP contribution in [0.3, 0.4) is 0 Å². The van der Waals surface area contributed by atoms with E-state index in [1.54, 1.807) is 0 Å². The van der Waals surface area contributed by atoms with E-state index in [2.05, 4.69) is 8.37 Å². The Kier molecular flexibility index (Phi) is 7.10. The van der Waals surface area contributed by atoms with Crippen molar-refractivity contribution < 1.29 is 41.6 Å². The Bertz CT molecular complexity index is 310. The minimum absolute atomic E-state index is 0.0356. The molecule has 2 fully saturated rings. The maximum atomic E-state index is 10.9. The molecule has 0 aliphatic carbocycles. The molecule has 10 heteroatoms. The summed E-state index contributed by atoms with van der Waals surface area (Å²) in [5.41, 5.74) is 0. The van der Waals surface area contributed by atoms with Crippen molar-refractivity contribution in [2.75, 3.05) is 39.6 Å². The molecule has 9 nitrogen and oxygen atoms in total. The summed E-state index contributed by atoms with van der Waals surface area (Å²) in [5.74, 6) is 0. The molecule has 2 unspecified atom stereocenters. The van der Waals surface area contributed by atoms with Gasteiger partial charge in [-0.25, -0.2) is 8.37 Å². The summed E-state index contributed by atoms with van der Waals surface area (Å²) in [5, 5.41) is 24.0. The molecule has 0 radical (unpaired) electrons. The monoisotopic (exact) mass is 302 g/mol. The van der Waals surface area contributed by atoms with E-state index >= 15 is 0 Å². The van der Waals surface area contributed by atoms with Gasteiger partial charge >= 0.3 is 10.4 Å². The van der Waals surface area contributed by atoms with Crippen LogP contribution in [0.1, 0.15) is 0 Å². The Balaban J connectivity index is 0.000000258. The largest absolute Gasteiger partial charge is 0.400 e. The van der Waals surface area contributed by atoms with Gasteiger partial charge in [-0.3, -0.25) is 0 Å². The summed E-state index contributed by atoms with van der Waals surface area (Å²) in [4.78, 5) is 0. The molecular weight excluding hydrogens is 284 g/mol. The molecule has 2 rings (SSSR count). The number of hydrogen-bond acceptors (Lipinski definition) is 9. The van der Waals surface area contributed by atoms with Crippen LogP contribution in [0.15, 0.2) is 0 Å². The zero-order valence-corrected chi connectivity index (χ0v) is 11.0. The van der Waals surface area contributed by atoms with Gasteiger partial charge in [-0.2, -0.15) is 8.42 Å². The fourth-order valence-corrected chi connectivity index (χ4v) is 1.44. The van der Waals surface area contributed by atoms with Crippen molar-refractivity contribution in [3.05, 3.63) is 0 Å². The smallest absolute Gasteiger partial charge is 0.394 e. The number of aliphatic hydroxyl groups excluding tert-OH is 3. The second kappa shape index (κ2) is 8.07. The third-order valence-electron chi connectivity index (χ3n) is 2.02. The lowest BCUT2D eigenvalue weighted by molar-refractivity contribution is 0.0450. The number of hydrogen-bond donors (Lipinski definition) is 3. The molecular formula is C9H18O9S. The van der Waals surface area contributed by atoms with Crippen LogP contribution < -0.4 is 0 Å². The van der Waals surface area contributed by atoms with Crippen molar-refractivity contribution in [2.24, 2.45) is 0 Å². The molecule has 0 saturated carbocycles. The maximum Gasteiger partial charge on any atom is 0.400 e. The highest BCUT2D eigenvalue weighted by Crippen LogP contribution is 2.13. The summed E-state index contributed by atoms with van der Waals surface area (Å²) < 4.78 is 40.4. The predicted octanol–water partition coefficient (Wildman–Crippen LogP) is -2.61. The summed E-state index contributed by atoms with van der Waals surface area (Å²) in [6.45, 7) is 0.456. The molecule has 2 atom stereocenters. The van der Waals surface area contributed by atoms with Gasteiger partial charge in [-0.05, 0) is 0 Å². The average Bonchev–Trinajstić information content (AvgIpc) is 3.28. The first kappa shape index (κ1) is 16.7. The molecule has 0 aromatic heterocycles. The fraction of sp³-hybridized carbons (Fsp3) is 1.00.